The molecule has 2 aromatic rings. The first-order chi connectivity index (χ1) is 12.1. The van der Waals surface area contributed by atoms with Gasteiger partial charge < -0.3 is 14.6 Å². The van der Waals surface area contributed by atoms with Crippen LogP contribution in [0.25, 0.3) is 11.0 Å². The molecule has 3 aliphatic heterocycles. The molecule has 4 aliphatic rings. The second-order valence-corrected chi connectivity index (χ2v) is 8.41. The first-order valence-corrected chi connectivity index (χ1v) is 9.72. The minimum atomic E-state index is 0.0289. The normalized spacial score (nSPS) is 29.5. The Morgan fingerprint density at radius 1 is 1.32 bits per heavy atom. The van der Waals surface area contributed by atoms with Crippen LogP contribution in [-0.4, -0.2) is 40.8 Å². The number of piperidine rings is 3. The van der Waals surface area contributed by atoms with Crippen molar-refractivity contribution >= 4 is 28.4 Å². The first kappa shape index (κ1) is 15.8. The number of fused-ring (bicyclic) bond motifs is 3. The lowest BCUT2D eigenvalue weighted by atomic mass is 9.77. The van der Waals surface area contributed by atoms with Crippen molar-refractivity contribution < 1.29 is 9.26 Å². The van der Waals surface area contributed by atoms with E-state index in [2.05, 4.69) is 15.4 Å². The summed E-state index contributed by atoms with van der Waals surface area (Å²) in [7, 11) is 0. The molecule has 1 N–H and O–H groups in total. The van der Waals surface area contributed by atoms with Crippen LogP contribution in [0, 0.1) is 5.92 Å². The summed E-state index contributed by atoms with van der Waals surface area (Å²) in [6.07, 6.45) is 5.18. The number of hydrogen-bond donors (Lipinski definition) is 1. The van der Waals surface area contributed by atoms with Gasteiger partial charge in [-0.25, -0.2) is 0 Å². The number of nitrogens with one attached hydrogen (secondary N) is 1. The van der Waals surface area contributed by atoms with E-state index < -0.39 is 0 Å². The van der Waals surface area contributed by atoms with Crippen LogP contribution in [0.1, 0.15) is 39.5 Å². The zero-order valence-electron chi connectivity index (χ0n) is 14.7. The van der Waals surface area contributed by atoms with E-state index in [0.717, 1.165) is 17.1 Å². The monoisotopic (exact) mass is 361 g/mol. The van der Waals surface area contributed by atoms with E-state index in [0.29, 0.717) is 27.9 Å². The molecule has 6 rings (SSSR count). The average Bonchev–Trinajstić information content (AvgIpc) is 3.27. The van der Waals surface area contributed by atoms with Crippen molar-refractivity contribution in [2.24, 2.45) is 5.92 Å². The molecule has 4 fully saturated rings. The van der Waals surface area contributed by atoms with Crippen LogP contribution < -0.4 is 10.1 Å². The number of aromatic nitrogens is 1. The molecule has 1 aromatic carbocycles. The Morgan fingerprint density at radius 2 is 2.08 bits per heavy atom. The number of benzene rings is 1. The Morgan fingerprint density at radius 3 is 2.76 bits per heavy atom. The van der Waals surface area contributed by atoms with Gasteiger partial charge in [-0.3, -0.25) is 4.90 Å². The summed E-state index contributed by atoms with van der Waals surface area (Å²) >= 11 is 6.32. The van der Waals surface area contributed by atoms with Gasteiger partial charge >= 0.3 is 0 Å². The Labute approximate surface area is 152 Å². The number of halogens is 1. The molecule has 6 heteroatoms. The standard InChI is InChI=1S/C19H24ClN3O2/c1-11(2)24-16-14(20)4-3-13-15(16)25-22-18(13)21-17-12-5-9-23(10-6-12)19(17)7-8-19/h3-4,11-12,17H,5-10H2,1-2H3,(H,21,22). The van der Waals surface area contributed by atoms with Crippen molar-refractivity contribution in [3.05, 3.63) is 17.2 Å². The smallest absolute Gasteiger partial charge is 0.212 e. The summed E-state index contributed by atoms with van der Waals surface area (Å²) in [6, 6.07) is 4.31. The molecule has 1 unspecified atom stereocenters. The third kappa shape index (κ3) is 2.36. The lowest BCUT2D eigenvalue weighted by Crippen LogP contribution is -2.62. The van der Waals surface area contributed by atoms with Crippen molar-refractivity contribution in [1.82, 2.24) is 10.1 Å². The van der Waals surface area contributed by atoms with Gasteiger partial charge in [-0.1, -0.05) is 16.8 Å². The van der Waals surface area contributed by atoms with Gasteiger partial charge in [-0.15, -0.1) is 0 Å². The van der Waals surface area contributed by atoms with Crippen LogP contribution in [0.5, 0.6) is 5.75 Å². The molecule has 1 spiro atoms. The minimum Gasteiger partial charge on any atom is -0.485 e. The molecule has 0 radical (unpaired) electrons. The number of hydrogen-bond acceptors (Lipinski definition) is 5. The number of anilines is 1. The van der Waals surface area contributed by atoms with Crippen LogP contribution in [0.4, 0.5) is 5.82 Å². The highest BCUT2D eigenvalue weighted by molar-refractivity contribution is 6.33. The highest BCUT2D eigenvalue weighted by atomic mass is 35.5. The van der Waals surface area contributed by atoms with E-state index in [1.165, 1.54) is 38.8 Å². The zero-order valence-corrected chi connectivity index (χ0v) is 15.5. The maximum absolute atomic E-state index is 6.32. The van der Waals surface area contributed by atoms with Crippen LogP contribution in [0.2, 0.25) is 5.02 Å². The van der Waals surface area contributed by atoms with E-state index in [1.54, 1.807) is 0 Å². The van der Waals surface area contributed by atoms with Crippen molar-refractivity contribution in [3.63, 3.8) is 0 Å². The molecule has 1 saturated carbocycles. The maximum Gasteiger partial charge on any atom is 0.212 e. The molecule has 4 heterocycles. The molecule has 2 bridgehead atoms. The lowest BCUT2D eigenvalue weighted by molar-refractivity contribution is 0.0202. The maximum atomic E-state index is 6.32. The summed E-state index contributed by atoms with van der Waals surface area (Å²) in [6.45, 7) is 6.47. The molecule has 0 amide bonds. The zero-order chi connectivity index (χ0) is 17.2. The quantitative estimate of drug-likeness (QED) is 0.879. The molecule has 1 atom stereocenters. The van der Waals surface area contributed by atoms with Gasteiger partial charge in [0.1, 0.15) is 0 Å². The van der Waals surface area contributed by atoms with Crippen molar-refractivity contribution in [2.75, 3.05) is 18.4 Å². The Hall–Kier alpha value is -1.46. The Bertz CT molecular complexity index is 806. The van der Waals surface area contributed by atoms with Crippen molar-refractivity contribution in [1.29, 1.82) is 0 Å². The summed E-state index contributed by atoms with van der Waals surface area (Å²) in [5, 5.41) is 9.59. The summed E-state index contributed by atoms with van der Waals surface area (Å²) in [5.41, 5.74) is 0.991. The molecule has 1 aromatic heterocycles. The molecule has 5 nitrogen and oxygen atoms in total. The Kier molecular flexibility index (Phi) is 3.48. The van der Waals surface area contributed by atoms with Gasteiger partial charge in [-0.05, 0) is 70.7 Å². The van der Waals surface area contributed by atoms with E-state index in [4.69, 9.17) is 20.9 Å². The molecule has 134 valence electrons. The van der Waals surface area contributed by atoms with Crippen molar-refractivity contribution in [3.8, 4) is 5.75 Å². The fourth-order valence-corrected chi connectivity index (χ4v) is 5.07. The van der Waals surface area contributed by atoms with Crippen molar-refractivity contribution in [2.45, 2.75) is 57.2 Å². The highest BCUT2D eigenvalue weighted by Gasteiger charge is 2.60. The third-order valence-corrected chi connectivity index (χ3v) is 6.47. The highest BCUT2D eigenvalue weighted by Crippen LogP contribution is 2.54. The molecule has 25 heavy (non-hydrogen) atoms. The van der Waals surface area contributed by atoms with Gasteiger partial charge in [0.2, 0.25) is 5.58 Å². The summed E-state index contributed by atoms with van der Waals surface area (Å²) < 4.78 is 11.5. The predicted molar refractivity (Wildman–Crippen MR) is 98.5 cm³/mol. The molecule has 3 saturated heterocycles. The number of ether oxygens (including phenoxy) is 1. The summed E-state index contributed by atoms with van der Waals surface area (Å²) in [4.78, 5) is 2.69. The number of rotatable bonds is 4. The van der Waals surface area contributed by atoms with E-state index in [9.17, 15) is 0 Å². The topological polar surface area (TPSA) is 50.5 Å². The SMILES string of the molecule is CC(C)Oc1c(Cl)ccc2c(NC3C4CCN(CC4)C34CC4)noc12. The van der Waals surface area contributed by atoms with E-state index in [-0.39, 0.29) is 6.10 Å². The van der Waals surface area contributed by atoms with Crippen LogP contribution in [0.3, 0.4) is 0 Å². The average molecular weight is 362 g/mol. The minimum absolute atomic E-state index is 0.0289. The Balaban J connectivity index is 1.50. The molecular weight excluding hydrogens is 338 g/mol. The number of nitrogens with zero attached hydrogens (tertiary/aromatic N) is 2. The fourth-order valence-electron chi connectivity index (χ4n) is 4.87. The van der Waals surface area contributed by atoms with E-state index in [1.807, 2.05) is 26.0 Å². The van der Waals surface area contributed by atoms with Crippen LogP contribution >= 0.6 is 11.6 Å². The van der Waals surface area contributed by atoms with Crippen LogP contribution in [0.15, 0.2) is 16.7 Å². The molecule has 1 aliphatic carbocycles. The van der Waals surface area contributed by atoms with Gasteiger partial charge in [0.05, 0.1) is 16.5 Å². The van der Waals surface area contributed by atoms with Gasteiger partial charge in [0, 0.05) is 11.6 Å². The van der Waals surface area contributed by atoms with Crippen LogP contribution in [-0.2, 0) is 0 Å². The fraction of sp³-hybridized carbons (Fsp3) is 0.632. The predicted octanol–water partition coefficient (Wildman–Crippen LogP) is 4.31. The summed E-state index contributed by atoms with van der Waals surface area (Å²) in [5.74, 6) is 2.15. The second kappa shape index (κ2) is 5.52. The largest absolute Gasteiger partial charge is 0.485 e. The van der Waals surface area contributed by atoms with Gasteiger partial charge in [0.15, 0.2) is 11.6 Å². The third-order valence-electron chi connectivity index (χ3n) is 6.18. The van der Waals surface area contributed by atoms with Gasteiger partial charge in [0.25, 0.3) is 0 Å². The molecular formula is C19H24ClN3O2. The first-order valence-electron chi connectivity index (χ1n) is 9.34. The van der Waals surface area contributed by atoms with E-state index >= 15 is 0 Å². The van der Waals surface area contributed by atoms with Gasteiger partial charge in [-0.2, -0.15) is 0 Å². The second-order valence-electron chi connectivity index (χ2n) is 8.00. The lowest BCUT2D eigenvalue weighted by Gasteiger charge is -2.52.